The molecule has 92 valence electrons. The fourth-order valence-corrected chi connectivity index (χ4v) is 1.97. The number of hydrogen-bond donors (Lipinski definition) is 1. The quantitative estimate of drug-likeness (QED) is 0.900. The van der Waals surface area contributed by atoms with Gasteiger partial charge in [0.15, 0.2) is 0 Å². The Hall–Kier alpha value is -1.25. The van der Waals surface area contributed by atoms with Gasteiger partial charge in [0, 0.05) is 12.1 Å². The molecule has 0 radical (unpaired) electrons. The van der Waals surface area contributed by atoms with Crippen molar-refractivity contribution < 1.29 is 4.74 Å². The third-order valence-electron chi connectivity index (χ3n) is 2.65. The van der Waals surface area contributed by atoms with Crippen LogP contribution >= 0.6 is 12.4 Å². The highest BCUT2D eigenvalue weighted by molar-refractivity contribution is 5.87. The van der Waals surface area contributed by atoms with Crippen molar-refractivity contribution in [2.75, 3.05) is 13.7 Å². The van der Waals surface area contributed by atoms with Crippen LogP contribution < -0.4 is 10.1 Å². The van der Waals surface area contributed by atoms with Crippen molar-refractivity contribution in [3.63, 3.8) is 0 Å². The number of rotatable bonds is 4. The highest BCUT2D eigenvalue weighted by Crippen LogP contribution is 2.27. The molecule has 0 aromatic heterocycles. The second-order valence-corrected chi connectivity index (χ2v) is 3.73. The molecule has 0 spiro atoms. The fraction of sp³-hybridized carbons (Fsp3) is 0.286. The highest BCUT2D eigenvalue weighted by Gasteiger charge is 2.07. The van der Waals surface area contributed by atoms with Crippen LogP contribution in [-0.2, 0) is 6.54 Å². The molecule has 0 heterocycles. The Morgan fingerprint density at radius 3 is 2.59 bits per heavy atom. The van der Waals surface area contributed by atoms with E-state index in [9.17, 15) is 0 Å². The molecule has 0 saturated carbocycles. The van der Waals surface area contributed by atoms with Gasteiger partial charge in [-0.15, -0.1) is 12.4 Å². The van der Waals surface area contributed by atoms with Crippen molar-refractivity contribution in [3.05, 3.63) is 42.0 Å². The Morgan fingerprint density at radius 2 is 1.88 bits per heavy atom. The van der Waals surface area contributed by atoms with Gasteiger partial charge in [0.25, 0.3) is 0 Å². The van der Waals surface area contributed by atoms with Crippen LogP contribution in [0.2, 0.25) is 0 Å². The van der Waals surface area contributed by atoms with Crippen molar-refractivity contribution in [2.24, 2.45) is 0 Å². The Morgan fingerprint density at radius 1 is 1.12 bits per heavy atom. The van der Waals surface area contributed by atoms with Crippen LogP contribution in [-0.4, -0.2) is 13.7 Å². The van der Waals surface area contributed by atoms with E-state index in [1.807, 2.05) is 14.0 Å². The van der Waals surface area contributed by atoms with Crippen LogP contribution in [0.15, 0.2) is 36.4 Å². The summed E-state index contributed by atoms with van der Waals surface area (Å²) in [4.78, 5) is 0. The van der Waals surface area contributed by atoms with Gasteiger partial charge in [-0.1, -0.05) is 30.3 Å². The molecule has 0 amide bonds. The summed E-state index contributed by atoms with van der Waals surface area (Å²) in [5.74, 6) is 0.982. The zero-order valence-corrected chi connectivity index (χ0v) is 11.0. The summed E-state index contributed by atoms with van der Waals surface area (Å²) in [5, 5.41) is 5.72. The maximum Gasteiger partial charge on any atom is 0.124 e. The summed E-state index contributed by atoms with van der Waals surface area (Å²) >= 11 is 0. The van der Waals surface area contributed by atoms with E-state index >= 15 is 0 Å². The SMILES string of the molecule is CCOc1ccc2ccccc2c1CNC.Cl. The number of fused-ring (bicyclic) bond motifs is 1. The third kappa shape index (κ3) is 2.90. The number of ether oxygens (including phenoxy) is 1. The first-order valence-corrected chi connectivity index (χ1v) is 5.65. The smallest absolute Gasteiger partial charge is 0.124 e. The summed E-state index contributed by atoms with van der Waals surface area (Å²) in [6.45, 7) is 3.55. The van der Waals surface area contributed by atoms with Crippen LogP contribution in [0.3, 0.4) is 0 Å². The first kappa shape index (κ1) is 13.8. The van der Waals surface area contributed by atoms with E-state index < -0.39 is 0 Å². The van der Waals surface area contributed by atoms with Crippen LogP contribution in [0.5, 0.6) is 5.75 Å². The van der Waals surface area contributed by atoms with Crippen LogP contribution in [0, 0.1) is 0 Å². The molecule has 2 nitrogen and oxygen atoms in total. The molecule has 0 aliphatic carbocycles. The van der Waals surface area contributed by atoms with Gasteiger partial charge in [-0.05, 0) is 30.8 Å². The van der Waals surface area contributed by atoms with E-state index in [0.717, 1.165) is 12.3 Å². The maximum absolute atomic E-state index is 5.66. The topological polar surface area (TPSA) is 21.3 Å². The molecule has 0 aliphatic rings. The summed E-state index contributed by atoms with van der Waals surface area (Å²) in [7, 11) is 1.96. The average Bonchev–Trinajstić information content (AvgIpc) is 2.32. The van der Waals surface area contributed by atoms with Crippen LogP contribution in [0.1, 0.15) is 12.5 Å². The largest absolute Gasteiger partial charge is 0.494 e. The Balaban J connectivity index is 0.00000144. The lowest BCUT2D eigenvalue weighted by Crippen LogP contribution is -2.08. The second kappa shape index (κ2) is 6.48. The molecule has 0 unspecified atom stereocenters. The van der Waals surface area contributed by atoms with Gasteiger partial charge >= 0.3 is 0 Å². The Bertz CT molecular complexity index is 485. The van der Waals surface area contributed by atoms with Gasteiger partial charge in [0.1, 0.15) is 5.75 Å². The zero-order valence-electron chi connectivity index (χ0n) is 10.2. The Kier molecular flexibility index (Phi) is 5.26. The summed E-state index contributed by atoms with van der Waals surface area (Å²) in [6.07, 6.45) is 0. The number of halogens is 1. The fourth-order valence-electron chi connectivity index (χ4n) is 1.97. The summed E-state index contributed by atoms with van der Waals surface area (Å²) in [6, 6.07) is 12.6. The van der Waals surface area contributed by atoms with E-state index in [0.29, 0.717) is 6.61 Å². The van der Waals surface area contributed by atoms with Crippen molar-refractivity contribution in [3.8, 4) is 5.75 Å². The maximum atomic E-state index is 5.66. The molecule has 0 atom stereocenters. The highest BCUT2D eigenvalue weighted by atomic mass is 35.5. The molecular formula is C14H18ClNO. The van der Waals surface area contributed by atoms with E-state index in [1.165, 1.54) is 16.3 Å². The number of nitrogens with one attached hydrogen (secondary N) is 1. The van der Waals surface area contributed by atoms with Crippen LogP contribution in [0.4, 0.5) is 0 Å². The number of benzene rings is 2. The molecular weight excluding hydrogens is 234 g/mol. The van der Waals surface area contributed by atoms with Crippen molar-refractivity contribution in [2.45, 2.75) is 13.5 Å². The molecule has 2 aromatic rings. The Labute approximate surface area is 108 Å². The van der Waals surface area contributed by atoms with E-state index in [4.69, 9.17) is 4.74 Å². The lowest BCUT2D eigenvalue weighted by Gasteiger charge is -2.12. The predicted molar refractivity (Wildman–Crippen MR) is 75.1 cm³/mol. The minimum Gasteiger partial charge on any atom is -0.494 e. The van der Waals surface area contributed by atoms with E-state index in [1.54, 1.807) is 0 Å². The minimum atomic E-state index is 0. The van der Waals surface area contributed by atoms with Crippen molar-refractivity contribution >= 4 is 23.2 Å². The molecule has 0 bridgehead atoms. The lowest BCUT2D eigenvalue weighted by molar-refractivity contribution is 0.336. The van der Waals surface area contributed by atoms with E-state index in [-0.39, 0.29) is 12.4 Å². The monoisotopic (exact) mass is 251 g/mol. The van der Waals surface area contributed by atoms with Gasteiger partial charge in [0.05, 0.1) is 6.61 Å². The van der Waals surface area contributed by atoms with Gasteiger partial charge in [-0.25, -0.2) is 0 Å². The lowest BCUT2D eigenvalue weighted by atomic mass is 10.0. The molecule has 3 heteroatoms. The molecule has 2 rings (SSSR count). The molecule has 17 heavy (non-hydrogen) atoms. The van der Waals surface area contributed by atoms with Crippen molar-refractivity contribution in [1.29, 1.82) is 0 Å². The average molecular weight is 252 g/mol. The summed E-state index contributed by atoms with van der Waals surface area (Å²) in [5.41, 5.74) is 1.24. The molecule has 0 fully saturated rings. The standard InChI is InChI=1S/C14H17NO.ClH/c1-3-16-14-9-8-11-6-4-5-7-12(11)13(14)10-15-2;/h4-9,15H,3,10H2,1-2H3;1H. The van der Waals surface area contributed by atoms with Crippen molar-refractivity contribution in [1.82, 2.24) is 5.32 Å². The third-order valence-corrected chi connectivity index (χ3v) is 2.65. The molecule has 0 aliphatic heterocycles. The van der Waals surface area contributed by atoms with Gasteiger partial charge in [-0.3, -0.25) is 0 Å². The molecule has 1 N–H and O–H groups in total. The molecule has 0 saturated heterocycles. The van der Waals surface area contributed by atoms with Gasteiger partial charge < -0.3 is 10.1 Å². The first-order valence-electron chi connectivity index (χ1n) is 5.65. The van der Waals surface area contributed by atoms with E-state index in [2.05, 4.69) is 41.7 Å². The predicted octanol–water partition coefficient (Wildman–Crippen LogP) is 3.38. The molecule has 2 aromatic carbocycles. The van der Waals surface area contributed by atoms with Crippen LogP contribution in [0.25, 0.3) is 10.8 Å². The first-order chi connectivity index (χ1) is 7.86. The zero-order chi connectivity index (χ0) is 11.4. The minimum absolute atomic E-state index is 0. The second-order valence-electron chi connectivity index (χ2n) is 3.73. The number of hydrogen-bond acceptors (Lipinski definition) is 2. The summed E-state index contributed by atoms with van der Waals surface area (Å²) < 4.78 is 5.66. The normalized spacial score (nSPS) is 10.0. The van der Waals surface area contributed by atoms with Gasteiger partial charge in [-0.2, -0.15) is 0 Å². The van der Waals surface area contributed by atoms with Gasteiger partial charge in [0.2, 0.25) is 0 Å².